The van der Waals surface area contributed by atoms with Crippen molar-refractivity contribution in [1.82, 2.24) is 9.97 Å². The van der Waals surface area contributed by atoms with Crippen LogP contribution in [0.2, 0.25) is 0 Å². The summed E-state index contributed by atoms with van der Waals surface area (Å²) in [5, 5.41) is 0.513. The number of halogens is 1. The molecule has 0 bridgehead atoms. The summed E-state index contributed by atoms with van der Waals surface area (Å²) in [6, 6.07) is 6.10. The minimum Gasteiger partial charge on any atom is -0.494 e. The van der Waals surface area contributed by atoms with Gasteiger partial charge in [-0.2, -0.15) is 0 Å². The largest absolute Gasteiger partial charge is 0.494 e. The van der Waals surface area contributed by atoms with Crippen LogP contribution in [-0.4, -0.2) is 17.1 Å². The summed E-state index contributed by atoms with van der Waals surface area (Å²) in [5.74, 6) is 0.341. The van der Waals surface area contributed by atoms with Gasteiger partial charge in [0.25, 0.3) is 5.56 Å². The van der Waals surface area contributed by atoms with Crippen molar-refractivity contribution in [2.24, 2.45) is 0 Å². The highest BCUT2D eigenvalue weighted by atomic mass is 32.2. The van der Waals surface area contributed by atoms with Crippen LogP contribution in [0.3, 0.4) is 0 Å². The number of nitrogens with zero attached hydrogens (tertiary/aromatic N) is 1. The molecule has 0 amide bonds. The quantitative estimate of drug-likeness (QED) is 0.681. The Balaban J connectivity index is 2.06. The van der Waals surface area contributed by atoms with Crippen molar-refractivity contribution in [2.45, 2.75) is 10.9 Å². The predicted molar refractivity (Wildman–Crippen MR) is 67.4 cm³/mol. The number of hydrogen-bond acceptors (Lipinski definition) is 4. The van der Waals surface area contributed by atoms with E-state index in [-0.39, 0.29) is 11.3 Å². The van der Waals surface area contributed by atoms with Crippen LogP contribution in [0, 0.1) is 5.82 Å². The van der Waals surface area contributed by atoms with E-state index in [1.165, 1.54) is 37.2 Å². The third-order valence-electron chi connectivity index (χ3n) is 2.24. The molecule has 1 aromatic heterocycles. The molecule has 0 spiro atoms. The zero-order valence-electron chi connectivity index (χ0n) is 9.64. The smallest absolute Gasteiger partial charge is 0.251 e. The molecule has 2 aromatic rings. The maximum atomic E-state index is 13.4. The second-order valence-electron chi connectivity index (χ2n) is 3.50. The second kappa shape index (κ2) is 5.68. The average molecular weight is 266 g/mol. The first kappa shape index (κ1) is 12.6. The highest BCUT2D eigenvalue weighted by Crippen LogP contribution is 2.22. The fraction of sp³-hybridized carbons (Fsp3) is 0.167. The van der Waals surface area contributed by atoms with Crippen LogP contribution in [-0.2, 0) is 5.75 Å². The Morgan fingerprint density at radius 2 is 2.28 bits per heavy atom. The first-order valence-corrected chi connectivity index (χ1v) is 6.18. The van der Waals surface area contributed by atoms with E-state index in [1.807, 2.05) is 0 Å². The Hall–Kier alpha value is -1.82. The van der Waals surface area contributed by atoms with Crippen LogP contribution in [0.4, 0.5) is 4.39 Å². The zero-order chi connectivity index (χ0) is 13.0. The van der Waals surface area contributed by atoms with Crippen molar-refractivity contribution in [2.75, 3.05) is 7.11 Å². The van der Waals surface area contributed by atoms with E-state index >= 15 is 0 Å². The predicted octanol–water partition coefficient (Wildman–Crippen LogP) is 2.21. The molecule has 0 saturated heterocycles. The third kappa shape index (κ3) is 3.10. The number of benzene rings is 1. The third-order valence-corrected chi connectivity index (χ3v) is 3.20. The van der Waals surface area contributed by atoms with Gasteiger partial charge >= 0.3 is 0 Å². The van der Waals surface area contributed by atoms with Gasteiger partial charge in [-0.15, -0.1) is 0 Å². The van der Waals surface area contributed by atoms with E-state index < -0.39 is 5.82 Å². The first-order chi connectivity index (χ1) is 8.69. The molecule has 0 unspecified atom stereocenters. The molecule has 1 N–H and O–H groups in total. The molecular formula is C12H11FN2O2S. The monoisotopic (exact) mass is 266 g/mol. The van der Waals surface area contributed by atoms with Crippen LogP contribution < -0.4 is 10.3 Å². The molecule has 0 aliphatic heterocycles. The van der Waals surface area contributed by atoms with Crippen LogP contribution in [0.1, 0.15) is 5.56 Å². The summed E-state index contributed by atoms with van der Waals surface area (Å²) in [7, 11) is 1.42. The zero-order valence-corrected chi connectivity index (χ0v) is 10.5. The number of nitrogens with one attached hydrogen (secondary N) is 1. The molecular weight excluding hydrogens is 255 g/mol. The Morgan fingerprint density at radius 3 is 2.94 bits per heavy atom. The lowest BCUT2D eigenvalue weighted by atomic mass is 10.2. The van der Waals surface area contributed by atoms with Crippen LogP contribution >= 0.6 is 11.8 Å². The standard InChI is InChI=1S/C12H11FN2O2S/c1-17-10-3-2-8(6-9(10)13)7-18-12-14-5-4-11(16)15-12/h2-6H,7H2,1H3,(H,14,15,16). The Bertz CT molecular complexity index is 601. The minimum absolute atomic E-state index is 0.201. The van der Waals surface area contributed by atoms with E-state index in [0.29, 0.717) is 10.9 Å². The molecule has 2 rings (SSSR count). The second-order valence-corrected chi connectivity index (χ2v) is 4.46. The number of H-pyrrole nitrogens is 1. The molecule has 4 nitrogen and oxygen atoms in total. The van der Waals surface area contributed by atoms with Crippen molar-refractivity contribution in [3.63, 3.8) is 0 Å². The van der Waals surface area contributed by atoms with E-state index in [0.717, 1.165) is 5.56 Å². The van der Waals surface area contributed by atoms with Gasteiger partial charge in [0.1, 0.15) is 0 Å². The van der Waals surface area contributed by atoms with E-state index in [4.69, 9.17) is 4.74 Å². The summed E-state index contributed by atoms with van der Waals surface area (Å²) < 4.78 is 18.3. The van der Waals surface area contributed by atoms with Crippen molar-refractivity contribution >= 4 is 11.8 Å². The van der Waals surface area contributed by atoms with E-state index in [1.54, 1.807) is 12.1 Å². The molecule has 0 fully saturated rings. The van der Waals surface area contributed by atoms with Gasteiger partial charge in [-0.05, 0) is 17.7 Å². The molecule has 94 valence electrons. The fourth-order valence-electron chi connectivity index (χ4n) is 1.38. The lowest BCUT2D eigenvalue weighted by Crippen LogP contribution is -2.05. The van der Waals surface area contributed by atoms with Crippen molar-refractivity contribution in [1.29, 1.82) is 0 Å². The van der Waals surface area contributed by atoms with Gasteiger partial charge in [0, 0.05) is 18.0 Å². The molecule has 0 radical (unpaired) electrons. The molecule has 0 aliphatic rings. The molecule has 1 aromatic carbocycles. The molecule has 0 saturated carbocycles. The number of hydrogen-bond donors (Lipinski definition) is 1. The number of methoxy groups -OCH3 is 1. The molecule has 1 heterocycles. The summed E-state index contributed by atoms with van der Waals surface area (Å²) in [6.07, 6.45) is 1.44. The van der Waals surface area contributed by atoms with Gasteiger partial charge in [-0.3, -0.25) is 4.79 Å². The van der Waals surface area contributed by atoms with Gasteiger partial charge in [-0.1, -0.05) is 17.8 Å². The van der Waals surface area contributed by atoms with Crippen molar-refractivity contribution in [3.8, 4) is 5.75 Å². The SMILES string of the molecule is COc1ccc(CSc2nccc(=O)[nH]2)cc1F. The Morgan fingerprint density at radius 1 is 1.44 bits per heavy atom. The fourth-order valence-corrected chi connectivity index (χ4v) is 2.17. The maximum Gasteiger partial charge on any atom is 0.251 e. The number of aromatic nitrogens is 2. The minimum atomic E-state index is -0.398. The van der Waals surface area contributed by atoms with Gasteiger partial charge < -0.3 is 9.72 Å². The van der Waals surface area contributed by atoms with Crippen LogP contribution in [0.25, 0.3) is 0 Å². The van der Waals surface area contributed by atoms with E-state index in [2.05, 4.69) is 9.97 Å². The van der Waals surface area contributed by atoms with Crippen LogP contribution in [0.5, 0.6) is 5.75 Å². The molecule has 0 atom stereocenters. The van der Waals surface area contributed by atoms with Crippen LogP contribution in [0.15, 0.2) is 40.4 Å². The normalized spacial score (nSPS) is 10.3. The molecule has 0 aliphatic carbocycles. The van der Waals surface area contributed by atoms with E-state index in [9.17, 15) is 9.18 Å². The highest BCUT2D eigenvalue weighted by Gasteiger charge is 2.04. The van der Waals surface area contributed by atoms with Gasteiger partial charge in [0.2, 0.25) is 0 Å². The molecule has 18 heavy (non-hydrogen) atoms. The average Bonchev–Trinajstić information content (AvgIpc) is 2.37. The number of thioether (sulfide) groups is 1. The summed E-state index contributed by atoms with van der Waals surface area (Å²) in [5.41, 5.74) is 0.596. The maximum absolute atomic E-state index is 13.4. The Labute approximate surface area is 107 Å². The van der Waals surface area contributed by atoms with Gasteiger partial charge in [-0.25, -0.2) is 9.37 Å². The highest BCUT2D eigenvalue weighted by molar-refractivity contribution is 7.98. The summed E-state index contributed by atoms with van der Waals surface area (Å²) >= 11 is 1.34. The topological polar surface area (TPSA) is 55.0 Å². The van der Waals surface area contributed by atoms with Crippen molar-refractivity contribution in [3.05, 3.63) is 52.2 Å². The number of ether oxygens (including phenoxy) is 1. The van der Waals surface area contributed by atoms with Gasteiger partial charge in [0.05, 0.1) is 7.11 Å². The number of aromatic amines is 1. The summed E-state index contributed by atoms with van der Waals surface area (Å²) in [6.45, 7) is 0. The lowest BCUT2D eigenvalue weighted by Gasteiger charge is -2.04. The van der Waals surface area contributed by atoms with Crippen molar-refractivity contribution < 1.29 is 9.13 Å². The molecule has 6 heteroatoms. The first-order valence-electron chi connectivity index (χ1n) is 5.19. The Kier molecular flexibility index (Phi) is 3.99. The lowest BCUT2D eigenvalue weighted by molar-refractivity contribution is 0.386. The number of rotatable bonds is 4. The van der Waals surface area contributed by atoms with Gasteiger partial charge in [0.15, 0.2) is 16.7 Å². The summed E-state index contributed by atoms with van der Waals surface area (Å²) in [4.78, 5) is 17.6.